The Morgan fingerprint density at radius 1 is 1.44 bits per heavy atom. The summed E-state index contributed by atoms with van der Waals surface area (Å²) in [6.45, 7) is 4.46. The summed E-state index contributed by atoms with van der Waals surface area (Å²) in [6.07, 6.45) is 2.67. The molecule has 1 aromatic carbocycles. The van der Waals surface area contributed by atoms with Gasteiger partial charge in [0.1, 0.15) is 0 Å². The third-order valence-corrected chi connectivity index (χ3v) is 3.53. The number of aryl methyl sites for hydroxylation is 2. The van der Waals surface area contributed by atoms with Gasteiger partial charge in [-0.1, -0.05) is 17.7 Å². The lowest BCUT2D eigenvalue weighted by Crippen LogP contribution is -2.28. The predicted molar refractivity (Wildman–Crippen MR) is 71.6 cm³/mol. The van der Waals surface area contributed by atoms with Gasteiger partial charge in [0.05, 0.1) is 6.10 Å². The Kier molecular flexibility index (Phi) is 4.02. The number of amides is 1. The zero-order valence-corrected chi connectivity index (χ0v) is 11.1. The Hall–Kier alpha value is -1.35. The van der Waals surface area contributed by atoms with E-state index in [9.17, 15) is 9.90 Å². The van der Waals surface area contributed by atoms with Gasteiger partial charge in [0.2, 0.25) is 0 Å². The molecule has 1 aliphatic carbocycles. The normalized spacial score (nSPS) is 16.4. The molecule has 3 heteroatoms. The predicted octanol–water partition coefficient (Wildman–Crippen LogP) is 2.19. The smallest absolute Gasteiger partial charge is 0.251 e. The summed E-state index contributed by atoms with van der Waals surface area (Å²) in [5, 5.41) is 12.6. The van der Waals surface area contributed by atoms with Gasteiger partial charge >= 0.3 is 0 Å². The molecule has 3 nitrogen and oxygen atoms in total. The van der Waals surface area contributed by atoms with E-state index in [4.69, 9.17) is 0 Å². The highest BCUT2D eigenvalue weighted by atomic mass is 16.3. The summed E-state index contributed by atoms with van der Waals surface area (Å²) < 4.78 is 0. The van der Waals surface area contributed by atoms with Crippen molar-refractivity contribution in [3.63, 3.8) is 0 Å². The Balaban J connectivity index is 1.85. The molecule has 98 valence electrons. The standard InChI is InChI=1S/C15H21NO2/c1-10-3-4-11(2)13(9-10)15(18)16-8-7-14(17)12-5-6-12/h3-4,9,12,14,17H,5-8H2,1-2H3,(H,16,18)/t14-/m1/s1. The number of hydrogen-bond donors (Lipinski definition) is 2. The number of nitrogens with one attached hydrogen (secondary N) is 1. The van der Waals surface area contributed by atoms with Gasteiger partial charge in [0, 0.05) is 12.1 Å². The van der Waals surface area contributed by atoms with Crippen molar-refractivity contribution in [1.82, 2.24) is 5.32 Å². The average molecular weight is 247 g/mol. The van der Waals surface area contributed by atoms with Gasteiger partial charge in [0.25, 0.3) is 5.91 Å². The van der Waals surface area contributed by atoms with E-state index < -0.39 is 0 Å². The molecule has 0 bridgehead atoms. The van der Waals surface area contributed by atoms with Crippen LogP contribution in [0.2, 0.25) is 0 Å². The lowest BCUT2D eigenvalue weighted by molar-refractivity contribution is 0.0936. The Morgan fingerprint density at radius 2 is 2.17 bits per heavy atom. The van der Waals surface area contributed by atoms with E-state index in [-0.39, 0.29) is 12.0 Å². The van der Waals surface area contributed by atoms with Crippen LogP contribution in [0.25, 0.3) is 0 Å². The summed E-state index contributed by atoms with van der Waals surface area (Å²) in [5.74, 6) is 0.432. The van der Waals surface area contributed by atoms with E-state index in [1.807, 2.05) is 32.0 Å². The van der Waals surface area contributed by atoms with Crippen molar-refractivity contribution in [3.05, 3.63) is 34.9 Å². The number of hydrogen-bond acceptors (Lipinski definition) is 2. The van der Waals surface area contributed by atoms with Crippen molar-refractivity contribution in [2.75, 3.05) is 6.54 Å². The largest absolute Gasteiger partial charge is 0.393 e. The van der Waals surface area contributed by atoms with Crippen LogP contribution >= 0.6 is 0 Å². The van der Waals surface area contributed by atoms with E-state index >= 15 is 0 Å². The van der Waals surface area contributed by atoms with Crippen molar-refractivity contribution in [1.29, 1.82) is 0 Å². The molecular formula is C15H21NO2. The molecule has 1 atom stereocenters. The molecule has 2 rings (SSSR count). The van der Waals surface area contributed by atoms with Crippen LogP contribution in [0.15, 0.2) is 18.2 Å². The summed E-state index contributed by atoms with van der Waals surface area (Å²) >= 11 is 0. The summed E-state index contributed by atoms with van der Waals surface area (Å²) in [6, 6.07) is 5.87. The van der Waals surface area contributed by atoms with Gasteiger partial charge in [-0.25, -0.2) is 0 Å². The first-order valence-corrected chi connectivity index (χ1v) is 6.61. The second kappa shape index (κ2) is 5.53. The lowest BCUT2D eigenvalue weighted by atomic mass is 10.0. The van der Waals surface area contributed by atoms with E-state index in [0.717, 1.165) is 29.5 Å². The zero-order chi connectivity index (χ0) is 13.1. The average Bonchev–Trinajstić information content (AvgIpc) is 3.16. The molecule has 0 aliphatic heterocycles. The van der Waals surface area contributed by atoms with Crippen LogP contribution in [0.5, 0.6) is 0 Å². The number of aliphatic hydroxyl groups is 1. The highest BCUT2D eigenvalue weighted by Gasteiger charge is 2.29. The second-order valence-corrected chi connectivity index (χ2v) is 5.27. The minimum absolute atomic E-state index is 0.0424. The topological polar surface area (TPSA) is 49.3 Å². The lowest BCUT2D eigenvalue weighted by Gasteiger charge is -2.11. The van der Waals surface area contributed by atoms with Crippen LogP contribution in [0.4, 0.5) is 0 Å². The molecule has 0 aromatic heterocycles. The molecule has 0 spiro atoms. The number of aliphatic hydroxyl groups excluding tert-OH is 1. The number of rotatable bonds is 5. The van der Waals surface area contributed by atoms with Gasteiger partial charge in [-0.2, -0.15) is 0 Å². The molecular weight excluding hydrogens is 226 g/mol. The SMILES string of the molecule is Cc1ccc(C)c(C(=O)NCC[C@@H](O)C2CC2)c1. The molecule has 0 radical (unpaired) electrons. The molecule has 1 saturated carbocycles. The molecule has 0 heterocycles. The van der Waals surface area contributed by atoms with Crippen molar-refractivity contribution < 1.29 is 9.90 Å². The van der Waals surface area contributed by atoms with Crippen molar-refractivity contribution >= 4 is 5.91 Å². The molecule has 1 aromatic rings. The maximum atomic E-state index is 12.0. The van der Waals surface area contributed by atoms with Crippen LogP contribution in [-0.2, 0) is 0 Å². The maximum Gasteiger partial charge on any atom is 0.251 e. The van der Waals surface area contributed by atoms with Crippen molar-refractivity contribution in [3.8, 4) is 0 Å². The third-order valence-electron chi connectivity index (χ3n) is 3.53. The zero-order valence-electron chi connectivity index (χ0n) is 11.1. The Labute approximate surface area is 108 Å². The molecule has 1 fully saturated rings. The number of carbonyl (C=O) groups excluding carboxylic acids is 1. The molecule has 1 aliphatic rings. The minimum Gasteiger partial charge on any atom is -0.393 e. The van der Waals surface area contributed by atoms with E-state index in [1.165, 1.54) is 0 Å². The van der Waals surface area contributed by atoms with Gasteiger partial charge in [-0.05, 0) is 50.7 Å². The fourth-order valence-electron chi connectivity index (χ4n) is 2.13. The monoisotopic (exact) mass is 247 g/mol. The molecule has 0 unspecified atom stereocenters. The Bertz CT molecular complexity index is 438. The Morgan fingerprint density at radius 3 is 2.83 bits per heavy atom. The fourth-order valence-corrected chi connectivity index (χ4v) is 2.13. The van der Waals surface area contributed by atoms with E-state index in [0.29, 0.717) is 18.9 Å². The van der Waals surface area contributed by atoms with Crippen LogP contribution in [0, 0.1) is 19.8 Å². The van der Waals surface area contributed by atoms with Crippen LogP contribution in [-0.4, -0.2) is 23.7 Å². The molecule has 2 N–H and O–H groups in total. The summed E-state index contributed by atoms with van der Waals surface area (Å²) in [4.78, 5) is 12.0. The fraction of sp³-hybridized carbons (Fsp3) is 0.533. The van der Waals surface area contributed by atoms with Crippen LogP contribution in [0.3, 0.4) is 0 Å². The maximum absolute atomic E-state index is 12.0. The van der Waals surface area contributed by atoms with Gasteiger partial charge in [0.15, 0.2) is 0 Å². The minimum atomic E-state index is -0.246. The number of benzene rings is 1. The molecule has 0 saturated heterocycles. The van der Waals surface area contributed by atoms with E-state index in [1.54, 1.807) is 0 Å². The van der Waals surface area contributed by atoms with Gasteiger partial charge in [-0.15, -0.1) is 0 Å². The molecule has 1 amide bonds. The van der Waals surface area contributed by atoms with Crippen molar-refractivity contribution in [2.24, 2.45) is 5.92 Å². The first-order chi connectivity index (χ1) is 8.58. The highest BCUT2D eigenvalue weighted by molar-refractivity contribution is 5.95. The second-order valence-electron chi connectivity index (χ2n) is 5.27. The third kappa shape index (κ3) is 3.33. The van der Waals surface area contributed by atoms with Gasteiger partial charge in [-0.3, -0.25) is 4.79 Å². The summed E-state index contributed by atoms with van der Waals surface area (Å²) in [7, 11) is 0. The van der Waals surface area contributed by atoms with Crippen LogP contribution < -0.4 is 5.32 Å². The van der Waals surface area contributed by atoms with Crippen molar-refractivity contribution in [2.45, 2.75) is 39.2 Å². The first-order valence-electron chi connectivity index (χ1n) is 6.61. The quantitative estimate of drug-likeness (QED) is 0.838. The van der Waals surface area contributed by atoms with Crippen LogP contribution in [0.1, 0.15) is 40.7 Å². The van der Waals surface area contributed by atoms with E-state index in [2.05, 4.69) is 5.32 Å². The highest BCUT2D eigenvalue weighted by Crippen LogP contribution is 2.33. The first kappa shape index (κ1) is 13.1. The van der Waals surface area contributed by atoms with Gasteiger partial charge < -0.3 is 10.4 Å². The summed E-state index contributed by atoms with van der Waals surface area (Å²) in [5.41, 5.74) is 2.81. The number of carbonyl (C=O) groups is 1. The molecule has 18 heavy (non-hydrogen) atoms.